The van der Waals surface area contributed by atoms with Gasteiger partial charge in [0.05, 0.1) is 17.2 Å². The third-order valence-electron chi connectivity index (χ3n) is 5.29. The number of aryl methyl sites for hydroxylation is 1. The fourth-order valence-corrected chi connectivity index (χ4v) is 4.18. The lowest BCUT2D eigenvalue weighted by molar-refractivity contribution is -0.117. The molecule has 1 fully saturated rings. The largest absolute Gasteiger partial charge is 0.487 e. The van der Waals surface area contributed by atoms with Crippen molar-refractivity contribution < 1.29 is 18.7 Å². The molecule has 2 heterocycles. The zero-order chi connectivity index (χ0) is 23.2. The molecule has 0 aliphatic carbocycles. The second-order valence-electron chi connectivity index (χ2n) is 7.80. The van der Waals surface area contributed by atoms with Gasteiger partial charge in [-0.3, -0.25) is 14.5 Å². The van der Waals surface area contributed by atoms with E-state index in [1.165, 1.54) is 12.1 Å². The summed E-state index contributed by atoms with van der Waals surface area (Å²) in [6.07, 6.45) is 0. The molecule has 4 rings (SSSR count). The molecule has 7 nitrogen and oxygen atoms in total. The summed E-state index contributed by atoms with van der Waals surface area (Å²) in [5.41, 5.74) is 1.92. The number of hydrogen-bond acceptors (Lipinski definition) is 6. The van der Waals surface area contributed by atoms with Gasteiger partial charge in [0.25, 0.3) is 5.91 Å². The van der Waals surface area contributed by atoms with E-state index in [2.05, 4.69) is 10.3 Å². The summed E-state index contributed by atoms with van der Waals surface area (Å²) < 4.78 is 19.0. The molecule has 0 spiro atoms. The van der Waals surface area contributed by atoms with Crippen LogP contribution in [0.4, 0.5) is 10.1 Å². The summed E-state index contributed by atoms with van der Waals surface area (Å²) in [7, 11) is 0. The highest BCUT2D eigenvalue weighted by Crippen LogP contribution is 2.17. The minimum atomic E-state index is -0.394. The highest BCUT2D eigenvalue weighted by Gasteiger charge is 2.23. The van der Waals surface area contributed by atoms with Gasteiger partial charge in [-0.1, -0.05) is 6.07 Å². The molecular formula is C24H25FN4O3S. The third-order valence-corrected chi connectivity index (χ3v) is 6.11. The van der Waals surface area contributed by atoms with E-state index in [-0.39, 0.29) is 18.4 Å². The first kappa shape index (κ1) is 22.9. The maximum atomic E-state index is 13.3. The molecule has 1 aromatic heterocycles. The zero-order valence-electron chi connectivity index (χ0n) is 18.3. The number of rotatable bonds is 7. The molecule has 0 radical (unpaired) electrons. The summed E-state index contributed by atoms with van der Waals surface area (Å²) in [6, 6.07) is 12.9. The number of amides is 2. The molecule has 0 bridgehead atoms. The summed E-state index contributed by atoms with van der Waals surface area (Å²) >= 11 is 1.59. The van der Waals surface area contributed by atoms with Gasteiger partial charge in [0, 0.05) is 42.8 Å². The van der Waals surface area contributed by atoms with Crippen LogP contribution in [-0.2, 0) is 11.4 Å². The predicted octanol–water partition coefficient (Wildman–Crippen LogP) is 3.57. The number of ether oxygens (including phenoxy) is 1. The molecule has 172 valence electrons. The van der Waals surface area contributed by atoms with Gasteiger partial charge in [0.2, 0.25) is 5.91 Å². The first-order valence-electron chi connectivity index (χ1n) is 10.7. The number of carbonyl (C=O) groups excluding carboxylic acids is 2. The van der Waals surface area contributed by atoms with Crippen LogP contribution in [0.2, 0.25) is 0 Å². The molecule has 9 heteroatoms. The van der Waals surface area contributed by atoms with Crippen molar-refractivity contribution in [3.05, 3.63) is 76.0 Å². The Balaban J connectivity index is 1.22. The second kappa shape index (κ2) is 10.5. The highest BCUT2D eigenvalue weighted by atomic mass is 32.1. The summed E-state index contributed by atoms with van der Waals surface area (Å²) in [4.78, 5) is 33.2. The molecule has 0 saturated carbocycles. The average Bonchev–Trinajstić information content (AvgIpc) is 3.23. The average molecular weight is 469 g/mol. The molecule has 1 aliphatic rings. The molecule has 1 saturated heterocycles. The minimum Gasteiger partial charge on any atom is -0.487 e. The maximum Gasteiger partial charge on any atom is 0.253 e. The van der Waals surface area contributed by atoms with Crippen molar-refractivity contribution in [3.8, 4) is 5.75 Å². The number of aromatic nitrogens is 1. The van der Waals surface area contributed by atoms with Crippen LogP contribution in [-0.4, -0.2) is 59.3 Å². The standard InChI is InChI=1S/C24H25FN4O3S/c1-17-26-21(16-33-17)15-32-22-7-5-18(6-8-22)24(31)29-11-9-28(10-12-29)14-23(30)27-20-4-2-3-19(25)13-20/h2-8,13,16H,9-12,14-15H2,1H3,(H,27,30). The van der Waals surface area contributed by atoms with E-state index in [0.29, 0.717) is 49.8 Å². The van der Waals surface area contributed by atoms with Crippen molar-refractivity contribution >= 4 is 28.8 Å². The SMILES string of the molecule is Cc1nc(COc2ccc(C(=O)N3CCN(CC(=O)Nc4cccc(F)c4)CC3)cc2)cs1. The van der Waals surface area contributed by atoms with E-state index in [0.717, 1.165) is 10.7 Å². The Hall–Kier alpha value is -3.30. The van der Waals surface area contributed by atoms with Gasteiger partial charge in [-0.2, -0.15) is 0 Å². The lowest BCUT2D eigenvalue weighted by atomic mass is 10.1. The lowest BCUT2D eigenvalue weighted by Crippen LogP contribution is -2.50. The number of hydrogen-bond donors (Lipinski definition) is 1. The van der Waals surface area contributed by atoms with Gasteiger partial charge in [0.1, 0.15) is 18.2 Å². The summed E-state index contributed by atoms with van der Waals surface area (Å²) in [5, 5.41) is 5.67. The van der Waals surface area contributed by atoms with E-state index < -0.39 is 5.82 Å². The van der Waals surface area contributed by atoms with Gasteiger partial charge >= 0.3 is 0 Å². The van der Waals surface area contributed by atoms with Gasteiger partial charge in [0.15, 0.2) is 0 Å². The molecule has 2 amide bonds. The predicted molar refractivity (Wildman–Crippen MR) is 125 cm³/mol. The number of nitrogens with one attached hydrogen (secondary N) is 1. The molecule has 0 unspecified atom stereocenters. The Bertz CT molecular complexity index is 1110. The zero-order valence-corrected chi connectivity index (χ0v) is 19.1. The second-order valence-corrected chi connectivity index (χ2v) is 8.86. The molecule has 33 heavy (non-hydrogen) atoms. The number of benzene rings is 2. The van der Waals surface area contributed by atoms with Crippen molar-refractivity contribution in [2.75, 3.05) is 38.0 Å². The van der Waals surface area contributed by atoms with E-state index in [9.17, 15) is 14.0 Å². The Morgan fingerprint density at radius 3 is 2.55 bits per heavy atom. The van der Waals surface area contributed by atoms with Gasteiger partial charge < -0.3 is 15.0 Å². The monoisotopic (exact) mass is 468 g/mol. The fourth-order valence-electron chi connectivity index (χ4n) is 3.59. The maximum absolute atomic E-state index is 13.3. The lowest BCUT2D eigenvalue weighted by Gasteiger charge is -2.34. The normalized spacial score (nSPS) is 14.2. The number of halogens is 1. The van der Waals surface area contributed by atoms with Crippen LogP contribution >= 0.6 is 11.3 Å². The van der Waals surface area contributed by atoms with Gasteiger partial charge in [-0.15, -0.1) is 11.3 Å². The molecule has 1 N–H and O–H groups in total. The summed E-state index contributed by atoms with van der Waals surface area (Å²) in [6.45, 7) is 4.81. The van der Waals surface area contributed by atoms with Crippen molar-refractivity contribution in [2.24, 2.45) is 0 Å². The number of nitrogens with zero attached hydrogens (tertiary/aromatic N) is 3. The van der Waals surface area contributed by atoms with E-state index in [4.69, 9.17) is 4.74 Å². The smallest absolute Gasteiger partial charge is 0.253 e. The highest BCUT2D eigenvalue weighted by molar-refractivity contribution is 7.09. The minimum absolute atomic E-state index is 0.0412. The quantitative estimate of drug-likeness (QED) is 0.574. The number of anilines is 1. The Morgan fingerprint density at radius 1 is 1.12 bits per heavy atom. The first-order chi connectivity index (χ1) is 16.0. The Kier molecular flexibility index (Phi) is 7.31. The van der Waals surface area contributed by atoms with Crippen LogP contribution in [0.5, 0.6) is 5.75 Å². The number of piperazine rings is 1. The van der Waals surface area contributed by atoms with Gasteiger partial charge in [-0.05, 0) is 49.4 Å². The molecule has 0 atom stereocenters. The Labute approximate surface area is 195 Å². The van der Waals surface area contributed by atoms with Crippen LogP contribution in [0, 0.1) is 12.7 Å². The molecule has 3 aromatic rings. The van der Waals surface area contributed by atoms with Crippen molar-refractivity contribution in [1.29, 1.82) is 0 Å². The van der Waals surface area contributed by atoms with E-state index in [1.807, 2.05) is 17.2 Å². The van der Waals surface area contributed by atoms with Crippen LogP contribution in [0.15, 0.2) is 53.9 Å². The van der Waals surface area contributed by atoms with Crippen molar-refractivity contribution in [3.63, 3.8) is 0 Å². The topological polar surface area (TPSA) is 74.8 Å². The number of thiazole rings is 1. The van der Waals surface area contributed by atoms with Crippen LogP contribution in [0.1, 0.15) is 21.1 Å². The fraction of sp³-hybridized carbons (Fsp3) is 0.292. The third kappa shape index (κ3) is 6.36. The van der Waals surface area contributed by atoms with Gasteiger partial charge in [-0.25, -0.2) is 9.37 Å². The van der Waals surface area contributed by atoms with Crippen LogP contribution in [0.25, 0.3) is 0 Å². The molecular weight excluding hydrogens is 443 g/mol. The Morgan fingerprint density at radius 2 is 1.88 bits per heavy atom. The molecule has 2 aromatic carbocycles. The first-order valence-corrected chi connectivity index (χ1v) is 11.5. The van der Waals surface area contributed by atoms with E-state index in [1.54, 1.807) is 52.6 Å². The van der Waals surface area contributed by atoms with Crippen molar-refractivity contribution in [2.45, 2.75) is 13.5 Å². The van der Waals surface area contributed by atoms with Crippen LogP contribution in [0.3, 0.4) is 0 Å². The number of carbonyl (C=O) groups is 2. The summed E-state index contributed by atoms with van der Waals surface area (Å²) in [5.74, 6) is 0.0460. The van der Waals surface area contributed by atoms with Crippen molar-refractivity contribution in [1.82, 2.24) is 14.8 Å². The van der Waals surface area contributed by atoms with E-state index >= 15 is 0 Å². The molecule has 1 aliphatic heterocycles. The van der Waals surface area contributed by atoms with Crippen LogP contribution < -0.4 is 10.1 Å².